The molecule has 1 fully saturated rings. The highest BCUT2D eigenvalue weighted by Crippen LogP contribution is 2.27. The van der Waals surface area contributed by atoms with Crippen LogP contribution >= 0.6 is 0 Å². The topological polar surface area (TPSA) is 80.0 Å². The molecule has 1 amide bonds. The van der Waals surface area contributed by atoms with Crippen molar-refractivity contribution in [3.63, 3.8) is 0 Å². The maximum atomic E-state index is 12.7. The van der Waals surface area contributed by atoms with Gasteiger partial charge in [-0.2, -0.15) is 0 Å². The Labute approximate surface area is 133 Å². The van der Waals surface area contributed by atoms with Crippen LogP contribution in [0.1, 0.15) is 25.0 Å². The van der Waals surface area contributed by atoms with E-state index in [9.17, 15) is 9.59 Å². The molecule has 1 aromatic heterocycles. The molecule has 2 atom stereocenters. The molecule has 0 bridgehead atoms. The van der Waals surface area contributed by atoms with E-state index in [1.165, 1.54) is 0 Å². The van der Waals surface area contributed by atoms with E-state index in [2.05, 4.69) is 0 Å². The number of carboxylic acid groups (broad SMARTS) is 1. The van der Waals surface area contributed by atoms with Gasteiger partial charge in [-0.25, -0.2) is 0 Å². The molecule has 0 spiro atoms. The molecule has 1 N–H and O–H groups in total. The van der Waals surface area contributed by atoms with Crippen molar-refractivity contribution in [1.29, 1.82) is 0 Å². The highest BCUT2D eigenvalue weighted by Gasteiger charge is 2.30. The number of ether oxygens (including phenoxy) is 1. The van der Waals surface area contributed by atoms with Crippen molar-refractivity contribution >= 4 is 22.8 Å². The molecule has 2 unspecified atom stereocenters. The molecule has 6 nitrogen and oxygen atoms in total. The average Bonchev–Trinajstić information content (AvgIpc) is 2.97. The molecular formula is C17H19NO5. The number of carbonyl (C=O) groups is 2. The summed E-state index contributed by atoms with van der Waals surface area (Å²) in [7, 11) is 0. The van der Waals surface area contributed by atoms with Crippen molar-refractivity contribution in [2.45, 2.75) is 25.4 Å². The van der Waals surface area contributed by atoms with Gasteiger partial charge in [-0.3, -0.25) is 9.59 Å². The molecule has 3 rings (SSSR count). The Morgan fingerprint density at radius 3 is 2.91 bits per heavy atom. The van der Waals surface area contributed by atoms with Gasteiger partial charge in [-0.1, -0.05) is 18.2 Å². The first kappa shape index (κ1) is 15.6. The minimum atomic E-state index is -0.922. The maximum absolute atomic E-state index is 12.7. The summed E-state index contributed by atoms with van der Waals surface area (Å²) in [4.78, 5) is 25.1. The number of benzene rings is 1. The van der Waals surface area contributed by atoms with Crippen molar-refractivity contribution in [2.24, 2.45) is 0 Å². The Balaban J connectivity index is 1.72. The molecule has 0 saturated carbocycles. The van der Waals surface area contributed by atoms with Gasteiger partial charge in [-0.15, -0.1) is 0 Å². The Morgan fingerprint density at radius 1 is 1.39 bits per heavy atom. The lowest BCUT2D eigenvalue weighted by Gasteiger charge is -2.33. The van der Waals surface area contributed by atoms with Crippen molar-refractivity contribution < 1.29 is 23.8 Å². The van der Waals surface area contributed by atoms with Crippen LogP contribution in [0.25, 0.3) is 11.0 Å². The van der Waals surface area contributed by atoms with Gasteiger partial charge >= 0.3 is 5.97 Å². The minimum Gasteiger partial charge on any atom is -0.481 e. The second-order valence-corrected chi connectivity index (χ2v) is 5.78. The van der Waals surface area contributed by atoms with Crippen LogP contribution in [0.2, 0.25) is 0 Å². The van der Waals surface area contributed by atoms with Gasteiger partial charge in [0.05, 0.1) is 25.0 Å². The third kappa shape index (κ3) is 3.37. The molecular weight excluding hydrogens is 298 g/mol. The number of aliphatic carboxylic acids is 1. The number of morpholine rings is 1. The molecule has 1 aliphatic heterocycles. The lowest BCUT2D eigenvalue weighted by atomic mass is 10.1. The van der Waals surface area contributed by atoms with E-state index in [4.69, 9.17) is 14.3 Å². The van der Waals surface area contributed by atoms with E-state index in [1.807, 2.05) is 37.3 Å². The number of para-hydroxylation sites is 1. The van der Waals surface area contributed by atoms with E-state index in [0.717, 1.165) is 11.0 Å². The van der Waals surface area contributed by atoms with E-state index in [-0.39, 0.29) is 12.3 Å². The van der Waals surface area contributed by atoms with Crippen molar-refractivity contribution in [1.82, 2.24) is 4.90 Å². The molecule has 2 aromatic rings. The van der Waals surface area contributed by atoms with Crippen LogP contribution in [0.5, 0.6) is 0 Å². The van der Waals surface area contributed by atoms with E-state index < -0.39 is 18.0 Å². The first-order chi connectivity index (χ1) is 11.0. The summed E-state index contributed by atoms with van der Waals surface area (Å²) in [5, 5.41) is 9.83. The van der Waals surface area contributed by atoms with E-state index in [1.54, 1.807) is 4.90 Å². The van der Waals surface area contributed by atoms with Crippen molar-refractivity contribution in [3.05, 3.63) is 36.1 Å². The number of furan rings is 1. The number of amides is 1. The predicted octanol–water partition coefficient (Wildman–Crippen LogP) is 2.24. The Morgan fingerprint density at radius 2 is 2.17 bits per heavy atom. The minimum absolute atomic E-state index is 0.0669. The predicted molar refractivity (Wildman–Crippen MR) is 83.2 cm³/mol. The summed E-state index contributed by atoms with van der Waals surface area (Å²) in [6.07, 6.45) is -0.545. The maximum Gasteiger partial charge on any atom is 0.306 e. The van der Waals surface area contributed by atoms with Crippen LogP contribution in [0.4, 0.5) is 0 Å². The van der Waals surface area contributed by atoms with Gasteiger partial charge in [0.1, 0.15) is 11.3 Å². The lowest BCUT2D eigenvalue weighted by Crippen LogP contribution is -2.47. The van der Waals surface area contributed by atoms with Crippen LogP contribution in [-0.4, -0.2) is 47.7 Å². The molecule has 1 aromatic carbocycles. The number of fused-ring (bicyclic) bond motifs is 1. The summed E-state index contributed by atoms with van der Waals surface area (Å²) in [6.45, 7) is 2.94. The molecule has 122 valence electrons. The van der Waals surface area contributed by atoms with Crippen molar-refractivity contribution in [3.8, 4) is 0 Å². The number of nitrogens with zero attached hydrogens (tertiary/aromatic N) is 1. The highest BCUT2D eigenvalue weighted by atomic mass is 16.5. The Kier molecular flexibility index (Phi) is 4.34. The Bertz CT molecular complexity index is 690. The van der Waals surface area contributed by atoms with Crippen LogP contribution < -0.4 is 0 Å². The summed E-state index contributed by atoms with van der Waals surface area (Å²) in [6, 6.07) is 9.51. The molecule has 23 heavy (non-hydrogen) atoms. The van der Waals surface area contributed by atoms with Crippen LogP contribution in [0, 0.1) is 0 Å². The van der Waals surface area contributed by atoms with Gasteiger partial charge in [0.25, 0.3) is 0 Å². The molecule has 1 aliphatic rings. The zero-order valence-electron chi connectivity index (χ0n) is 12.9. The largest absolute Gasteiger partial charge is 0.481 e. The van der Waals surface area contributed by atoms with Crippen LogP contribution in [0.15, 0.2) is 34.7 Å². The smallest absolute Gasteiger partial charge is 0.306 e. The second kappa shape index (κ2) is 6.42. The zero-order valence-corrected chi connectivity index (χ0v) is 12.9. The molecule has 0 aliphatic carbocycles. The normalized spacial score (nSPS) is 19.7. The van der Waals surface area contributed by atoms with Crippen LogP contribution in [-0.2, 0) is 14.3 Å². The molecule has 6 heteroatoms. The summed E-state index contributed by atoms with van der Waals surface area (Å²) >= 11 is 0. The third-order valence-corrected chi connectivity index (χ3v) is 4.09. The third-order valence-electron chi connectivity index (χ3n) is 4.09. The SMILES string of the molecule is CC(C(=O)N1CCOC(CC(=O)O)C1)c1cc2ccccc2o1. The van der Waals surface area contributed by atoms with E-state index >= 15 is 0 Å². The standard InChI is InChI=1S/C17H19NO5/c1-11(15-8-12-4-2-3-5-14(12)23-15)17(21)18-6-7-22-13(10-18)9-16(19)20/h2-5,8,11,13H,6-7,9-10H2,1H3,(H,19,20). The highest BCUT2D eigenvalue weighted by molar-refractivity contribution is 5.85. The summed E-state index contributed by atoms with van der Waals surface area (Å²) < 4.78 is 11.2. The molecule has 2 heterocycles. The second-order valence-electron chi connectivity index (χ2n) is 5.78. The number of hydrogen-bond acceptors (Lipinski definition) is 4. The average molecular weight is 317 g/mol. The lowest BCUT2D eigenvalue weighted by molar-refractivity contribution is -0.148. The fourth-order valence-electron chi connectivity index (χ4n) is 2.85. The van der Waals surface area contributed by atoms with Crippen LogP contribution in [0.3, 0.4) is 0 Å². The quantitative estimate of drug-likeness (QED) is 0.935. The zero-order chi connectivity index (χ0) is 16.4. The van der Waals surface area contributed by atoms with Crippen molar-refractivity contribution in [2.75, 3.05) is 19.7 Å². The summed E-state index contributed by atoms with van der Waals surface area (Å²) in [5.41, 5.74) is 0.757. The first-order valence-electron chi connectivity index (χ1n) is 7.65. The van der Waals surface area contributed by atoms with Gasteiger partial charge in [0.2, 0.25) is 5.91 Å². The van der Waals surface area contributed by atoms with Gasteiger partial charge in [-0.05, 0) is 19.1 Å². The molecule has 1 saturated heterocycles. The van der Waals surface area contributed by atoms with Gasteiger partial charge < -0.3 is 19.2 Å². The number of carboxylic acids is 1. The number of carbonyl (C=O) groups excluding carboxylic acids is 1. The number of hydrogen-bond donors (Lipinski definition) is 1. The fraction of sp³-hybridized carbons (Fsp3) is 0.412. The van der Waals surface area contributed by atoms with Gasteiger partial charge in [0.15, 0.2) is 0 Å². The van der Waals surface area contributed by atoms with E-state index in [0.29, 0.717) is 25.5 Å². The van der Waals surface area contributed by atoms with Gasteiger partial charge in [0, 0.05) is 18.5 Å². The fourth-order valence-corrected chi connectivity index (χ4v) is 2.85. The molecule has 0 radical (unpaired) electrons. The number of rotatable bonds is 4. The summed E-state index contributed by atoms with van der Waals surface area (Å²) in [5.74, 6) is -0.777. The first-order valence-corrected chi connectivity index (χ1v) is 7.65. The monoisotopic (exact) mass is 317 g/mol. The Hall–Kier alpha value is -2.34.